The third-order valence-electron chi connectivity index (χ3n) is 4.14. The van der Waals surface area contributed by atoms with Gasteiger partial charge in [-0.05, 0) is 62.5 Å². The minimum absolute atomic E-state index is 0.198. The van der Waals surface area contributed by atoms with Crippen LogP contribution in [0.3, 0.4) is 0 Å². The van der Waals surface area contributed by atoms with Crippen LogP contribution in [0.4, 0.5) is 0 Å². The Morgan fingerprint density at radius 2 is 2.05 bits per heavy atom. The highest BCUT2D eigenvalue weighted by Crippen LogP contribution is 2.25. The standard InChI is InChI=1S/C17H27BrN2O/c1-2-16(19)13-14-12-15(18)6-7-17(14)21-11-10-20-8-4-3-5-9-20/h6-7,12,16H,2-5,8-11,13,19H2,1H3. The molecule has 1 saturated heterocycles. The van der Waals surface area contributed by atoms with Crippen LogP contribution in [0.15, 0.2) is 22.7 Å². The Morgan fingerprint density at radius 1 is 1.29 bits per heavy atom. The lowest BCUT2D eigenvalue weighted by Crippen LogP contribution is -2.33. The molecule has 0 amide bonds. The number of ether oxygens (including phenoxy) is 1. The summed E-state index contributed by atoms with van der Waals surface area (Å²) in [6, 6.07) is 6.42. The van der Waals surface area contributed by atoms with Gasteiger partial charge in [0.2, 0.25) is 0 Å². The van der Waals surface area contributed by atoms with Gasteiger partial charge in [0, 0.05) is 17.1 Å². The van der Waals surface area contributed by atoms with E-state index >= 15 is 0 Å². The normalized spacial score (nSPS) is 17.7. The lowest BCUT2D eigenvalue weighted by Gasteiger charge is -2.26. The van der Waals surface area contributed by atoms with Crippen molar-refractivity contribution in [2.24, 2.45) is 5.73 Å². The molecule has 2 rings (SSSR count). The molecule has 1 unspecified atom stereocenters. The third-order valence-corrected chi connectivity index (χ3v) is 4.64. The predicted molar refractivity (Wildman–Crippen MR) is 91.9 cm³/mol. The van der Waals surface area contributed by atoms with Gasteiger partial charge in [0.05, 0.1) is 0 Å². The number of benzene rings is 1. The highest BCUT2D eigenvalue weighted by molar-refractivity contribution is 9.10. The van der Waals surface area contributed by atoms with Crippen molar-refractivity contribution in [1.29, 1.82) is 0 Å². The smallest absolute Gasteiger partial charge is 0.122 e. The number of nitrogens with zero attached hydrogens (tertiary/aromatic N) is 1. The molecule has 3 nitrogen and oxygen atoms in total. The molecule has 21 heavy (non-hydrogen) atoms. The van der Waals surface area contributed by atoms with Crippen molar-refractivity contribution in [3.63, 3.8) is 0 Å². The average molecular weight is 355 g/mol. The first kappa shape index (κ1) is 16.8. The molecule has 1 fully saturated rings. The second-order valence-electron chi connectivity index (χ2n) is 5.88. The number of rotatable bonds is 7. The maximum absolute atomic E-state index is 6.09. The largest absolute Gasteiger partial charge is 0.492 e. The Morgan fingerprint density at radius 3 is 2.76 bits per heavy atom. The number of likely N-dealkylation sites (tertiary alicyclic amines) is 1. The number of hydrogen-bond donors (Lipinski definition) is 1. The summed E-state index contributed by atoms with van der Waals surface area (Å²) in [5, 5.41) is 0. The highest BCUT2D eigenvalue weighted by Gasteiger charge is 2.12. The molecule has 0 aliphatic carbocycles. The van der Waals surface area contributed by atoms with Gasteiger partial charge in [-0.25, -0.2) is 0 Å². The fourth-order valence-corrected chi connectivity index (χ4v) is 3.15. The second kappa shape index (κ2) is 8.76. The van der Waals surface area contributed by atoms with Crippen LogP contribution in [-0.2, 0) is 6.42 Å². The number of halogens is 1. The molecule has 1 heterocycles. The Kier molecular flexibility index (Phi) is 7.00. The summed E-state index contributed by atoms with van der Waals surface area (Å²) in [6.45, 7) is 6.35. The Bertz CT molecular complexity index is 433. The third kappa shape index (κ3) is 5.61. The summed E-state index contributed by atoms with van der Waals surface area (Å²) in [5.41, 5.74) is 7.30. The van der Waals surface area contributed by atoms with Crippen LogP contribution in [0.1, 0.15) is 38.2 Å². The lowest BCUT2D eigenvalue weighted by atomic mass is 10.0. The highest BCUT2D eigenvalue weighted by atomic mass is 79.9. The maximum atomic E-state index is 6.09. The van der Waals surface area contributed by atoms with Crippen molar-refractivity contribution in [3.05, 3.63) is 28.2 Å². The summed E-state index contributed by atoms with van der Waals surface area (Å²) in [5.74, 6) is 0.985. The van der Waals surface area contributed by atoms with Crippen molar-refractivity contribution >= 4 is 15.9 Å². The van der Waals surface area contributed by atoms with E-state index in [9.17, 15) is 0 Å². The molecule has 1 aliphatic heterocycles. The minimum atomic E-state index is 0.198. The second-order valence-corrected chi connectivity index (χ2v) is 6.79. The molecule has 1 aromatic rings. The van der Waals surface area contributed by atoms with E-state index in [2.05, 4.69) is 39.9 Å². The quantitative estimate of drug-likeness (QED) is 0.812. The SMILES string of the molecule is CCC(N)Cc1cc(Br)ccc1OCCN1CCCCC1. The van der Waals surface area contributed by atoms with Crippen LogP contribution in [0, 0.1) is 0 Å². The first-order valence-corrected chi connectivity index (χ1v) is 8.87. The van der Waals surface area contributed by atoms with Crippen molar-refractivity contribution in [2.75, 3.05) is 26.2 Å². The summed E-state index contributed by atoms with van der Waals surface area (Å²) in [7, 11) is 0. The molecule has 0 spiro atoms. The molecule has 0 bridgehead atoms. The Balaban J connectivity index is 1.88. The van der Waals surface area contributed by atoms with Crippen LogP contribution in [0.25, 0.3) is 0 Å². The summed E-state index contributed by atoms with van der Waals surface area (Å²) < 4.78 is 7.11. The lowest BCUT2D eigenvalue weighted by molar-refractivity contribution is 0.182. The molecule has 2 N–H and O–H groups in total. The summed E-state index contributed by atoms with van der Waals surface area (Å²) in [6.07, 6.45) is 5.89. The Labute approximate surface area is 137 Å². The zero-order chi connectivity index (χ0) is 15.1. The van der Waals surface area contributed by atoms with Crippen LogP contribution in [0.2, 0.25) is 0 Å². The molecule has 1 aliphatic rings. The van der Waals surface area contributed by atoms with Gasteiger partial charge in [0.15, 0.2) is 0 Å². The van der Waals surface area contributed by atoms with E-state index in [1.165, 1.54) is 37.9 Å². The van der Waals surface area contributed by atoms with Crippen molar-refractivity contribution in [2.45, 2.75) is 45.1 Å². The first-order valence-electron chi connectivity index (χ1n) is 8.08. The van der Waals surface area contributed by atoms with Crippen molar-refractivity contribution < 1.29 is 4.74 Å². The van der Waals surface area contributed by atoms with E-state index in [-0.39, 0.29) is 6.04 Å². The van der Waals surface area contributed by atoms with Gasteiger partial charge in [-0.2, -0.15) is 0 Å². The van der Waals surface area contributed by atoms with E-state index in [1.807, 2.05) is 6.07 Å². The van der Waals surface area contributed by atoms with Gasteiger partial charge < -0.3 is 10.5 Å². The van der Waals surface area contributed by atoms with E-state index < -0.39 is 0 Å². The molecule has 0 aromatic heterocycles. The number of hydrogen-bond acceptors (Lipinski definition) is 3. The average Bonchev–Trinajstić information content (AvgIpc) is 2.50. The van der Waals surface area contributed by atoms with Crippen LogP contribution in [0.5, 0.6) is 5.75 Å². The number of nitrogens with two attached hydrogens (primary N) is 1. The molecular weight excluding hydrogens is 328 g/mol. The molecular formula is C17H27BrN2O. The van der Waals surface area contributed by atoms with Crippen LogP contribution in [-0.4, -0.2) is 37.2 Å². The minimum Gasteiger partial charge on any atom is -0.492 e. The topological polar surface area (TPSA) is 38.5 Å². The van der Waals surface area contributed by atoms with E-state index in [4.69, 9.17) is 10.5 Å². The molecule has 0 saturated carbocycles. The van der Waals surface area contributed by atoms with E-state index in [0.717, 1.165) is 36.2 Å². The fourth-order valence-electron chi connectivity index (χ4n) is 2.74. The van der Waals surface area contributed by atoms with E-state index in [1.54, 1.807) is 0 Å². The molecule has 4 heteroatoms. The molecule has 1 atom stereocenters. The number of piperidine rings is 1. The van der Waals surface area contributed by atoms with Crippen molar-refractivity contribution in [1.82, 2.24) is 4.90 Å². The molecule has 0 radical (unpaired) electrons. The van der Waals surface area contributed by atoms with Gasteiger partial charge >= 0.3 is 0 Å². The van der Waals surface area contributed by atoms with Gasteiger partial charge in [-0.15, -0.1) is 0 Å². The summed E-state index contributed by atoms with van der Waals surface area (Å²) in [4.78, 5) is 2.50. The summed E-state index contributed by atoms with van der Waals surface area (Å²) >= 11 is 3.53. The predicted octanol–water partition coefficient (Wildman–Crippen LogP) is 3.59. The molecule has 118 valence electrons. The Hall–Kier alpha value is -0.580. The maximum Gasteiger partial charge on any atom is 0.122 e. The van der Waals surface area contributed by atoms with Crippen LogP contribution < -0.4 is 10.5 Å². The van der Waals surface area contributed by atoms with Crippen molar-refractivity contribution in [3.8, 4) is 5.75 Å². The van der Waals surface area contributed by atoms with Gasteiger partial charge in [0.1, 0.15) is 12.4 Å². The van der Waals surface area contributed by atoms with Gasteiger partial charge in [-0.1, -0.05) is 29.3 Å². The fraction of sp³-hybridized carbons (Fsp3) is 0.647. The zero-order valence-electron chi connectivity index (χ0n) is 13.0. The first-order chi connectivity index (χ1) is 10.2. The zero-order valence-corrected chi connectivity index (χ0v) is 14.6. The van der Waals surface area contributed by atoms with Crippen LogP contribution >= 0.6 is 15.9 Å². The van der Waals surface area contributed by atoms with Gasteiger partial charge in [-0.3, -0.25) is 4.90 Å². The molecule has 1 aromatic carbocycles. The van der Waals surface area contributed by atoms with Gasteiger partial charge in [0.25, 0.3) is 0 Å². The van der Waals surface area contributed by atoms with E-state index in [0.29, 0.717) is 0 Å². The monoisotopic (exact) mass is 354 g/mol.